The number of ether oxygens (including phenoxy) is 1. The van der Waals surface area contributed by atoms with Crippen LogP contribution in [0.1, 0.15) is 45.1 Å². The lowest BCUT2D eigenvalue weighted by Crippen LogP contribution is -2.21. The fourth-order valence-electron chi connectivity index (χ4n) is 1.82. The van der Waals surface area contributed by atoms with Crippen LogP contribution >= 0.6 is 0 Å². The fraction of sp³-hybridized carbons (Fsp3) is 0.529. The second-order valence-corrected chi connectivity index (χ2v) is 5.17. The molecule has 19 heavy (non-hydrogen) atoms. The molecule has 0 aliphatic rings. The van der Waals surface area contributed by atoms with Crippen LogP contribution in [-0.4, -0.2) is 12.6 Å². The number of nitrogens with one attached hydrogen (secondary N) is 1. The van der Waals surface area contributed by atoms with E-state index < -0.39 is 0 Å². The molecule has 0 heterocycles. The molecule has 0 bridgehead atoms. The number of benzene rings is 1. The van der Waals surface area contributed by atoms with Crippen molar-refractivity contribution in [2.45, 2.75) is 52.1 Å². The van der Waals surface area contributed by atoms with Crippen molar-refractivity contribution in [3.8, 4) is 5.75 Å². The third kappa shape index (κ3) is 7.68. The van der Waals surface area contributed by atoms with Crippen molar-refractivity contribution in [3.63, 3.8) is 0 Å². The number of unbranched alkanes of at least 4 members (excludes halogenated alkanes) is 3. The summed E-state index contributed by atoms with van der Waals surface area (Å²) in [7, 11) is 0. The predicted octanol–water partition coefficient (Wildman–Crippen LogP) is 4.31. The van der Waals surface area contributed by atoms with Gasteiger partial charge in [-0.1, -0.05) is 32.1 Å². The van der Waals surface area contributed by atoms with Gasteiger partial charge in [0.05, 0.1) is 6.61 Å². The minimum Gasteiger partial charge on any atom is -0.494 e. The van der Waals surface area contributed by atoms with Crippen LogP contribution in [0.15, 0.2) is 36.9 Å². The maximum atomic E-state index is 5.78. The van der Waals surface area contributed by atoms with Crippen LogP contribution in [0.4, 0.5) is 0 Å². The summed E-state index contributed by atoms with van der Waals surface area (Å²) in [4.78, 5) is 0. The zero-order chi connectivity index (χ0) is 13.9. The van der Waals surface area contributed by atoms with Crippen molar-refractivity contribution in [1.82, 2.24) is 5.32 Å². The van der Waals surface area contributed by atoms with Crippen molar-refractivity contribution in [3.05, 3.63) is 42.5 Å². The van der Waals surface area contributed by atoms with E-state index in [1.54, 1.807) is 0 Å². The molecular formula is C17H27NO. The first-order valence-corrected chi connectivity index (χ1v) is 7.28. The minimum atomic E-state index is 0.509. The third-order valence-corrected chi connectivity index (χ3v) is 2.93. The number of hydrogen-bond acceptors (Lipinski definition) is 2. The van der Waals surface area contributed by atoms with Crippen LogP contribution in [0, 0.1) is 0 Å². The molecule has 0 amide bonds. The second-order valence-electron chi connectivity index (χ2n) is 5.17. The highest BCUT2D eigenvalue weighted by Crippen LogP contribution is 2.14. The SMILES string of the molecule is C=CCCCCCOc1cccc(CNC(C)C)c1. The normalized spacial score (nSPS) is 10.7. The van der Waals surface area contributed by atoms with Crippen molar-refractivity contribution in [1.29, 1.82) is 0 Å². The Hall–Kier alpha value is -1.28. The Morgan fingerprint density at radius 2 is 2.11 bits per heavy atom. The quantitative estimate of drug-likeness (QED) is 0.500. The van der Waals surface area contributed by atoms with Gasteiger partial charge in [-0.25, -0.2) is 0 Å². The summed E-state index contributed by atoms with van der Waals surface area (Å²) < 4.78 is 5.78. The first-order valence-electron chi connectivity index (χ1n) is 7.28. The van der Waals surface area contributed by atoms with E-state index in [0.29, 0.717) is 6.04 Å². The molecule has 0 aliphatic carbocycles. The number of hydrogen-bond donors (Lipinski definition) is 1. The molecule has 0 spiro atoms. The lowest BCUT2D eigenvalue weighted by Gasteiger charge is -2.10. The maximum Gasteiger partial charge on any atom is 0.119 e. The first kappa shape index (κ1) is 15.8. The molecule has 0 unspecified atom stereocenters. The van der Waals surface area contributed by atoms with Gasteiger partial charge in [0.15, 0.2) is 0 Å². The van der Waals surface area contributed by atoms with Gasteiger partial charge in [0.25, 0.3) is 0 Å². The highest BCUT2D eigenvalue weighted by molar-refractivity contribution is 5.28. The highest BCUT2D eigenvalue weighted by atomic mass is 16.5. The Bertz CT molecular complexity index is 360. The Labute approximate surface area is 117 Å². The molecule has 1 rings (SSSR count). The first-order chi connectivity index (χ1) is 9.22. The lowest BCUT2D eigenvalue weighted by atomic mass is 10.2. The van der Waals surface area contributed by atoms with Gasteiger partial charge >= 0.3 is 0 Å². The van der Waals surface area contributed by atoms with Crippen molar-refractivity contribution in [2.24, 2.45) is 0 Å². The van der Waals surface area contributed by atoms with Gasteiger partial charge in [-0.15, -0.1) is 6.58 Å². The molecule has 2 heteroatoms. The van der Waals surface area contributed by atoms with E-state index in [0.717, 1.165) is 31.7 Å². The Morgan fingerprint density at radius 1 is 1.26 bits per heavy atom. The standard InChI is InChI=1S/C17H27NO/c1-4-5-6-7-8-12-19-17-11-9-10-16(13-17)14-18-15(2)3/h4,9-11,13,15,18H,1,5-8,12,14H2,2-3H3. The second kappa shape index (κ2) is 9.62. The smallest absolute Gasteiger partial charge is 0.119 e. The van der Waals surface area contributed by atoms with Crippen LogP contribution in [0.3, 0.4) is 0 Å². The molecule has 0 fully saturated rings. The largest absolute Gasteiger partial charge is 0.494 e. The lowest BCUT2D eigenvalue weighted by molar-refractivity contribution is 0.305. The summed E-state index contributed by atoms with van der Waals surface area (Å²) in [5.41, 5.74) is 1.28. The molecule has 0 radical (unpaired) electrons. The number of allylic oxidation sites excluding steroid dienone is 1. The van der Waals surface area contributed by atoms with Crippen molar-refractivity contribution >= 4 is 0 Å². The zero-order valence-electron chi connectivity index (χ0n) is 12.3. The van der Waals surface area contributed by atoms with E-state index in [9.17, 15) is 0 Å². The van der Waals surface area contributed by atoms with E-state index in [1.807, 2.05) is 12.1 Å². The van der Waals surface area contributed by atoms with Gasteiger partial charge in [0.2, 0.25) is 0 Å². The monoisotopic (exact) mass is 261 g/mol. The topological polar surface area (TPSA) is 21.3 Å². The zero-order valence-corrected chi connectivity index (χ0v) is 12.3. The Balaban J connectivity index is 2.25. The summed E-state index contributed by atoms with van der Waals surface area (Å²) in [6, 6.07) is 8.85. The van der Waals surface area contributed by atoms with Gasteiger partial charge in [-0.05, 0) is 43.4 Å². The van der Waals surface area contributed by atoms with Crippen LogP contribution < -0.4 is 10.1 Å². The van der Waals surface area contributed by atoms with Crippen LogP contribution in [0.2, 0.25) is 0 Å². The van der Waals surface area contributed by atoms with Crippen molar-refractivity contribution < 1.29 is 4.74 Å². The summed E-state index contributed by atoms with van der Waals surface area (Å²) in [6.45, 7) is 9.74. The Kier molecular flexibility index (Phi) is 7.99. The molecule has 0 aliphatic heterocycles. The van der Waals surface area contributed by atoms with Crippen LogP contribution in [-0.2, 0) is 6.54 Å². The van der Waals surface area contributed by atoms with Gasteiger partial charge in [-0.3, -0.25) is 0 Å². The van der Waals surface area contributed by atoms with Crippen LogP contribution in [0.25, 0.3) is 0 Å². The summed E-state index contributed by atoms with van der Waals surface area (Å²) in [5.74, 6) is 0.978. The number of rotatable bonds is 10. The fourth-order valence-corrected chi connectivity index (χ4v) is 1.82. The molecule has 1 aromatic carbocycles. The molecule has 0 saturated carbocycles. The maximum absolute atomic E-state index is 5.78. The molecule has 2 nitrogen and oxygen atoms in total. The molecule has 1 aromatic rings. The summed E-state index contributed by atoms with van der Waals surface area (Å²) in [6.07, 6.45) is 6.62. The average Bonchev–Trinajstić information content (AvgIpc) is 2.41. The molecule has 106 valence electrons. The van der Waals surface area contributed by atoms with E-state index in [4.69, 9.17) is 4.74 Å². The van der Waals surface area contributed by atoms with Gasteiger partial charge < -0.3 is 10.1 Å². The van der Waals surface area contributed by atoms with Gasteiger partial charge in [-0.2, -0.15) is 0 Å². The average molecular weight is 261 g/mol. The van der Waals surface area contributed by atoms with Crippen molar-refractivity contribution in [2.75, 3.05) is 6.61 Å². The van der Waals surface area contributed by atoms with Gasteiger partial charge in [0.1, 0.15) is 5.75 Å². The molecule has 0 atom stereocenters. The van der Waals surface area contributed by atoms with E-state index in [-0.39, 0.29) is 0 Å². The molecule has 0 aromatic heterocycles. The third-order valence-electron chi connectivity index (χ3n) is 2.93. The predicted molar refractivity (Wildman–Crippen MR) is 82.6 cm³/mol. The Morgan fingerprint density at radius 3 is 2.84 bits per heavy atom. The van der Waals surface area contributed by atoms with E-state index >= 15 is 0 Å². The highest BCUT2D eigenvalue weighted by Gasteiger charge is 1.98. The minimum absolute atomic E-state index is 0.509. The van der Waals surface area contributed by atoms with Crippen LogP contribution in [0.5, 0.6) is 5.75 Å². The molecule has 1 N–H and O–H groups in total. The summed E-state index contributed by atoms with van der Waals surface area (Å²) in [5, 5.41) is 3.41. The molecular weight excluding hydrogens is 234 g/mol. The van der Waals surface area contributed by atoms with E-state index in [2.05, 4.69) is 43.9 Å². The summed E-state index contributed by atoms with van der Waals surface area (Å²) >= 11 is 0. The van der Waals surface area contributed by atoms with E-state index in [1.165, 1.54) is 18.4 Å². The van der Waals surface area contributed by atoms with Gasteiger partial charge in [0, 0.05) is 12.6 Å². The molecule has 0 saturated heterocycles.